The summed E-state index contributed by atoms with van der Waals surface area (Å²) >= 11 is 6.30. The molecule has 0 fully saturated rings. The molecule has 0 saturated heterocycles. The lowest BCUT2D eigenvalue weighted by molar-refractivity contribution is -0.111. The predicted molar refractivity (Wildman–Crippen MR) is 56.3 cm³/mol. The van der Waals surface area contributed by atoms with Crippen molar-refractivity contribution in [3.8, 4) is 0 Å². The Labute approximate surface area is 91.7 Å². The van der Waals surface area contributed by atoms with Crippen LogP contribution in [-0.4, -0.2) is 15.9 Å². The molecule has 0 spiro atoms. The van der Waals surface area contributed by atoms with Crippen molar-refractivity contribution in [3.63, 3.8) is 0 Å². The Balaban J connectivity index is 2.89. The summed E-state index contributed by atoms with van der Waals surface area (Å²) in [5.41, 5.74) is 0. The van der Waals surface area contributed by atoms with Crippen molar-refractivity contribution in [1.29, 1.82) is 0 Å². The number of aromatic nitrogens is 2. The van der Waals surface area contributed by atoms with Gasteiger partial charge in [0.15, 0.2) is 5.82 Å². The second-order valence-corrected chi connectivity index (χ2v) is 3.59. The number of carbonyl (C=O) groups excluding carboxylic acids is 1. The third-order valence-corrected chi connectivity index (χ3v) is 2.06. The Morgan fingerprint density at radius 3 is 2.85 bits per heavy atom. The van der Waals surface area contributed by atoms with E-state index in [1.807, 2.05) is 0 Å². The van der Waals surface area contributed by atoms with Crippen LogP contribution in [0.3, 0.4) is 0 Å². The average Bonchev–Trinajstić information content (AvgIpc) is 2.09. The summed E-state index contributed by atoms with van der Waals surface area (Å²) in [4.78, 5) is 18.8. The fourth-order valence-corrected chi connectivity index (χ4v) is 1.51. The van der Waals surface area contributed by atoms with Crippen LogP contribution in [0.15, 0.2) is 28.1 Å². The standard InChI is InChI=1S/C7H5Br2N3O/c1-2-5(13)12-7-6(9)11-4(8)3-10-7/h2-3H,1H2,(H,10,12,13). The molecule has 1 N–H and O–H groups in total. The van der Waals surface area contributed by atoms with Crippen molar-refractivity contribution in [2.24, 2.45) is 0 Å². The van der Waals surface area contributed by atoms with E-state index in [4.69, 9.17) is 0 Å². The third-order valence-electron chi connectivity index (χ3n) is 1.13. The monoisotopic (exact) mass is 305 g/mol. The molecule has 0 aliphatic carbocycles. The van der Waals surface area contributed by atoms with E-state index in [9.17, 15) is 4.79 Å². The molecule has 0 aliphatic rings. The first-order valence-corrected chi connectivity index (χ1v) is 4.83. The van der Waals surface area contributed by atoms with Gasteiger partial charge < -0.3 is 5.32 Å². The second kappa shape index (κ2) is 4.48. The van der Waals surface area contributed by atoms with Crippen LogP contribution in [0.5, 0.6) is 0 Å². The van der Waals surface area contributed by atoms with Gasteiger partial charge in [0.2, 0.25) is 5.91 Å². The Hall–Kier alpha value is -0.750. The van der Waals surface area contributed by atoms with Gasteiger partial charge in [-0.3, -0.25) is 4.79 Å². The van der Waals surface area contributed by atoms with Crippen LogP contribution in [0.2, 0.25) is 0 Å². The van der Waals surface area contributed by atoms with Crippen molar-refractivity contribution in [2.45, 2.75) is 0 Å². The highest BCUT2D eigenvalue weighted by Crippen LogP contribution is 2.18. The number of halogens is 2. The zero-order chi connectivity index (χ0) is 9.84. The molecule has 6 heteroatoms. The topological polar surface area (TPSA) is 54.9 Å². The number of carbonyl (C=O) groups is 1. The predicted octanol–water partition coefficient (Wildman–Crippen LogP) is 2.13. The maximum absolute atomic E-state index is 10.9. The SMILES string of the molecule is C=CC(=O)Nc1ncc(Br)nc1Br. The molecule has 0 unspecified atom stereocenters. The average molecular weight is 307 g/mol. The van der Waals surface area contributed by atoms with Gasteiger partial charge in [-0.15, -0.1) is 0 Å². The molecule has 0 radical (unpaired) electrons. The highest BCUT2D eigenvalue weighted by atomic mass is 79.9. The molecule has 1 aromatic heterocycles. The lowest BCUT2D eigenvalue weighted by Gasteiger charge is -2.02. The zero-order valence-corrected chi connectivity index (χ0v) is 9.59. The molecule has 0 atom stereocenters. The molecule has 0 aromatic carbocycles. The molecule has 4 nitrogen and oxygen atoms in total. The van der Waals surface area contributed by atoms with E-state index in [0.29, 0.717) is 15.0 Å². The van der Waals surface area contributed by atoms with Gasteiger partial charge in [-0.2, -0.15) is 0 Å². The largest absolute Gasteiger partial charge is 0.305 e. The summed E-state index contributed by atoms with van der Waals surface area (Å²) in [7, 11) is 0. The van der Waals surface area contributed by atoms with Crippen LogP contribution >= 0.6 is 31.9 Å². The van der Waals surface area contributed by atoms with Gasteiger partial charge in [-0.25, -0.2) is 9.97 Å². The Morgan fingerprint density at radius 2 is 2.31 bits per heavy atom. The molecule has 13 heavy (non-hydrogen) atoms. The van der Waals surface area contributed by atoms with E-state index in [-0.39, 0.29) is 5.91 Å². The van der Waals surface area contributed by atoms with E-state index < -0.39 is 0 Å². The van der Waals surface area contributed by atoms with Crippen molar-refractivity contribution < 1.29 is 4.79 Å². The Morgan fingerprint density at radius 1 is 1.62 bits per heavy atom. The maximum atomic E-state index is 10.9. The first kappa shape index (κ1) is 10.3. The van der Waals surface area contributed by atoms with E-state index >= 15 is 0 Å². The van der Waals surface area contributed by atoms with E-state index in [1.165, 1.54) is 6.20 Å². The van der Waals surface area contributed by atoms with Gasteiger partial charge in [-0.05, 0) is 37.9 Å². The summed E-state index contributed by atoms with van der Waals surface area (Å²) in [5.74, 6) is 0.0467. The molecule has 68 valence electrons. The number of hydrogen-bond acceptors (Lipinski definition) is 3. The van der Waals surface area contributed by atoms with Crippen LogP contribution in [0.4, 0.5) is 5.82 Å². The fourth-order valence-electron chi connectivity index (χ4n) is 0.598. The molecule has 1 rings (SSSR count). The first-order chi connectivity index (χ1) is 6.13. The summed E-state index contributed by atoms with van der Waals surface area (Å²) < 4.78 is 1.06. The number of anilines is 1. The minimum Gasteiger partial charge on any atom is -0.305 e. The number of hydrogen-bond donors (Lipinski definition) is 1. The number of amides is 1. The minimum absolute atomic E-state index is 0.322. The third kappa shape index (κ3) is 2.89. The number of rotatable bonds is 2. The van der Waals surface area contributed by atoms with Gasteiger partial charge >= 0.3 is 0 Å². The molecule has 1 heterocycles. The number of nitrogens with zero attached hydrogens (tertiary/aromatic N) is 2. The van der Waals surface area contributed by atoms with Crippen LogP contribution in [0.25, 0.3) is 0 Å². The molecule has 0 bridgehead atoms. The lowest BCUT2D eigenvalue weighted by Crippen LogP contribution is -2.09. The van der Waals surface area contributed by atoms with Gasteiger partial charge in [0.25, 0.3) is 0 Å². The second-order valence-electron chi connectivity index (χ2n) is 2.03. The van der Waals surface area contributed by atoms with E-state index in [0.717, 1.165) is 6.08 Å². The zero-order valence-electron chi connectivity index (χ0n) is 6.42. The maximum Gasteiger partial charge on any atom is 0.248 e. The quantitative estimate of drug-likeness (QED) is 0.852. The molecule has 1 amide bonds. The minimum atomic E-state index is -0.322. The van der Waals surface area contributed by atoms with Crippen LogP contribution in [0.1, 0.15) is 0 Å². The van der Waals surface area contributed by atoms with Crippen molar-refractivity contribution in [3.05, 3.63) is 28.1 Å². The van der Waals surface area contributed by atoms with Gasteiger partial charge in [0.1, 0.15) is 9.21 Å². The summed E-state index contributed by atoms with van der Waals surface area (Å²) in [6, 6.07) is 0. The summed E-state index contributed by atoms with van der Waals surface area (Å²) in [6.07, 6.45) is 2.65. The smallest absolute Gasteiger partial charge is 0.248 e. The lowest BCUT2D eigenvalue weighted by atomic mass is 10.5. The Kier molecular flexibility index (Phi) is 3.56. The molecule has 0 saturated carbocycles. The fraction of sp³-hybridized carbons (Fsp3) is 0. The molecular weight excluding hydrogens is 302 g/mol. The van der Waals surface area contributed by atoms with Crippen LogP contribution < -0.4 is 5.32 Å². The molecule has 1 aromatic rings. The van der Waals surface area contributed by atoms with Crippen LogP contribution in [0, 0.1) is 0 Å². The summed E-state index contributed by atoms with van der Waals surface area (Å²) in [5, 5.41) is 2.49. The van der Waals surface area contributed by atoms with Gasteiger partial charge in [-0.1, -0.05) is 6.58 Å². The normalized spacial score (nSPS) is 9.38. The van der Waals surface area contributed by atoms with Crippen molar-refractivity contribution >= 4 is 43.6 Å². The first-order valence-electron chi connectivity index (χ1n) is 3.25. The molecule has 0 aliphatic heterocycles. The molecular formula is C7H5Br2N3O. The van der Waals surface area contributed by atoms with Gasteiger partial charge in [0.05, 0.1) is 6.20 Å². The summed E-state index contributed by atoms with van der Waals surface area (Å²) in [6.45, 7) is 3.32. The highest BCUT2D eigenvalue weighted by Gasteiger charge is 2.05. The number of nitrogens with one attached hydrogen (secondary N) is 1. The van der Waals surface area contributed by atoms with Crippen molar-refractivity contribution in [1.82, 2.24) is 9.97 Å². The van der Waals surface area contributed by atoms with Gasteiger partial charge in [0, 0.05) is 0 Å². The van der Waals surface area contributed by atoms with Crippen LogP contribution in [-0.2, 0) is 4.79 Å². The highest BCUT2D eigenvalue weighted by molar-refractivity contribution is 9.11. The van der Waals surface area contributed by atoms with E-state index in [2.05, 4.69) is 53.7 Å². The van der Waals surface area contributed by atoms with Crippen molar-refractivity contribution in [2.75, 3.05) is 5.32 Å². The Bertz CT molecular complexity index is 354. The van der Waals surface area contributed by atoms with E-state index in [1.54, 1.807) is 0 Å².